The number of carbonyl (C=O) groups is 2. The lowest BCUT2D eigenvalue weighted by atomic mass is 9.96. The molecule has 1 aliphatic heterocycles. The van der Waals surface area contributed by atoms with Crippen molar-refractivity contribution >= 4 is 11.7 Å². The molecular weight excluding hydrogens is 368 g/mol. The minimum absolute atomic E-state index is 0.0986. The molecule has 148 valence electrons. The maximum Gasteiger partial charge on any atom is 0.222 e. The van der Waals surface area contributed by atoms with Gasteiger partial charge in [0.15, 0.2) is 12.0 Å². The molecule has 0 spiro atoms. The predicted molar refractivity (Wildman–Crippen MR) is 84.6 cm³/mol. The number of hydrogen-bond donors (Lipinski definition) is 5. The molecule has 1 fully saturated rings. The number of aliphatic hydroxyl groups is 4. The van der Waals surface area contributed by atoms with Gasteiger partial charge < -0.3 is 30.5 Å². The lowest BCUT2D eigenvalue weighted by molar-refractivity contribution is -0.236. The minimum atomic E-state index is -1.65. The highest BCUT2D eigenvalue weighted by Gasteiger charge is 2.44. The number of Topliss-reactive ketones (excluding diaryl/α,β-unsaturated/α-hetero) is 1. The van der Waals surface area contributed by atoms with Crippen LogP contribution in [0.2, 0.25) is 0 Å². The molecule has 0 unspecified atom stereocenters. The fourth-order valence-corrected chi connectivity index (χ4v) is 3.49. The molecular formula is C17H19F2NO7. The fourth-order valence-electron chi connectivity index (χ4n) is 3.49. The average Bonchev–Trinajstić information content (AvgIpc) is 2.90. The zero-order chi connectivity index (χ0) is 19.9. The zero-order valence-electron chi connectivity index (χ0n) is 14.0. The van der Waals surface area contributed by atoms with Crippen LogP contribution in [-0.4, -0.2) is 69.4 Å². The molecule has 10 heteroatoms. The minimum Gasteiger partial charge on any atom is -0.394 e. The van der Waals surface area contributed by atoms with E-state index in [0.717, 1.165) is 6.07 Å². The third-order valence-electron chi connectivity index (χ3n) is 4.86. The summed E-state index contributed by atoms with van der Waals surface area (Å²) in [6.07, 6.45) is -7.95. The summed E-state index contributed by atoms with van der Waals surface area (Å²) in [5.74, 6) is -3.82. The largest absolute Gasteiger partial charge is 0.394 e. The molecule has 3 rings (SSSR count). The third kappa shape index (κ3) is 3.71. The van der Waals surface area contributed by atoms with Crippen molar-refractivity contribution < 1.29 is 43.5 Å². The Morgan fingerprint density at radius 2 is 1.89 bits per heavy atom. The summed E-state index contributed by atoms with van der Waals surface area (Å²) < 4.78 is 32.4. The van der Waals surface area contributed by atoms with Crippen molar-refractivity contribution in [1.82, 2.24) is 5.32 Å². The molecule has 1 saturated heterocycles. The number of carbonyl (C=O) groups excluding carboxylic acids is 2. The first kappa shape index (κ1) is 19.8. The highest BCUT2D eigenvalue weighted by molar-refractivity contribution is 6.02. The van der Waals surface area contributed by atoms with Crippen LogP contribution in [0.15, 0.2) is 12.1 Å². The molecule has 27 heavy (non-hydrogen) atoms. The fraction of sp³-hybridized carbons (Fsp3) is 0.529. The Morgan fingerprint density at radius 3 is 2.56 bits per heavy atom. The Labute approximate surface area is 152 Å². The summed E-state index contributed by atoms with van der Waals surface area (Å²) in [6, 6.07) is 1.61. The van der Waals surface area contributed by atoms with Crippen LogP contribution in [0.3, 0.4) is 0 Å². The number of amides is 1. The van der Waals surface area contributed by atoms with Crippen molar-refractivity contribution in [3.63, 3.8) is 0 Å². The van der Waals surface area contributed by atoms with E-state index in [1.807, 2.05) is 0 Å². The van der Waals surface area contributed by atoms with Gasteiger partial charge in [-0.05, 0) is 11.6 Å². The number of benzene rings is 1. The van der Waals surface area contributed by atoms with E-state index in [0.29, 0.717) is 6.07 Å². The normalized spacial score (nSPS) is 33.0. The first-order chi connectivity index (χ1) is 12.7. The van der Waals surface area contributed by atoms with Crippen molar-refractivity contribution in [2.24, 2.45) is 0 Å². The number of fused-ring (bicyclic) bond motifs is 1. The second-order valence-electron chi connectivity index (χ2n) is 6.70. The molecule has 8 nitrogen and oxygen atoms in total. The molecule has 0 radical (unpaired) electrons. The smallest absolute Gasteiger partial charge is 0.222 e. The molecule has 1 amide bonds. The van der Waals surface area contributed by atoms with Gasteiger partial charge in [-0.3, -0.25) is 9.59 Å². The topological polar surface area (TPSA) is 136 Å². The van der Waals surface area contributed by atoms with E-state index in [-0.39, 0.29) is 24.0 Å². The quantitative estimate of drug-likeness (QED) is 0.444. The Kier molecular flexibility index (Phi) is 5.54. The Bertz CT molecular complexity index is 757. The van der Waals surface area contributed by atoms with Gasteiger partial charge in [-0.15, -0.1) is 0 Å². The average molecular weight is 387 g/mol. The van der Waals surface area contributed by atoms with E-state index in [9.17, 15) is 33.7 Å². The summed E-state index contributed by atoms with van der Waals surface area (Å²) in [6.45, 7) is -0.652. The van der Waals surface area contributed by atoms with Crippen LogP contribution in [-0.2, 0) is 9.53 Å². The van der Waals surface area contributed by atoms with Crippen molar-refractivity contribution in [1.29, 1.82) is 0 Å². The summed E-state index contributed by atoms with van der Waals surface area (Å²) in [5, 5.41) is 40.8. The van der Waals surface area contributed by atoms with E-state index >= 15 is 0 Å². The highest BCUT2D eigenvalue weighted by Crippen LogP contribution is 2.37. The van der Waals surface area contributed by atoms with Gasteiger partial charge in [0.2, 0.25) is 5.91 Å². The number of rotatable bonds is 4. The predicted octanol–water partition coefficient (Wildman–Crippen LogP) is -1.06. The zero-order valence-corrected chi connectivity index (χ0v) is 14.0. The number of ketones is 1. The number of halogens is 2. The summed E-state index contributed by atoms with van der Waals surface area (Å²) in [4.78, 5) is 24.2. The van der Waals surface area contributed by atoms with Gasteiger partial charge in [0.25, 0.3) is 0 Å². The van der Waals surface area contributed by atoms with Gasteiger partial charge in [-0.1, -0.05) is 0 Å². The second kappa shape index (κ2) is 7.56. The Hall–Kier alpha value is -1.98. The summed E-state index contributed by atoms with van der Waals surface area (Å²) in [5.41, 5.74) is -0.136. The van der Waals surface area contributed by atoms with E-state index < -0.39 is 66.5 Å². The lowest BCUT2D eigenvalue weighted by Crippen LogP contribution is -2.63. The molecule has 6 atom stereocenters. The number of aliphatic hydroxyl groups excluding tert-OH is 4. The van der Waals surface area contributed by atoms with E-state index in [1.165, 1.54) is 0 Å². The van der Waals surface area contributed by atoms with Crippen LogP contribution in [0, 0.1) is 11.6 Å². The molecule has 0 bridgehead atoms. The molecule has 1 aromatic carbocycles. The Balaban J connectivity index is 1.70. The van der Waals surface area contributed by atoms with Gasteiger partial charge in [0.1, 0.15) is 36.1 Å². The van der Waals surface area contributed by atoms with Crippen LogP contribution < -0.4 is 5.32 Å². The van der Waals surface area contributed by atoms with Crippen molar-refractivity contribution in [3.05, 3.63) is 34.9 Å². The van der Waals surface area contributed by atoms with Gasteiger partial charge in [-0.2, -0.15) is 0 Å². The Morgan fingerprint density at radius 1 is 1.19 bits per heavy atom. The van der Waals surface area contributed by atoms with Gasteiger partial charge >= 0.3 is 0 Å². The maximum atomic E-state index is 13.8. The first-order valence-electron chi connectivity index (χ1n) is 8.35. The van der Waals surface area contributed by atoms with Crippen molar-refractivity contribution in [3.8, 4) is 0 Å². The third-order valence-corrected chi connectivity index (χ3v) is 4.86. The van der Waals surface area contributed by atoms with Gasteiger partial charge in [0.05, 0.1) is 12.2 Å². The molecule has 1 aromatic rings. The lowest BCUT2D eigenvalue weighted by Gasteiger charge is -2.40. The molecule has 5 N–H and O–H groups in total. The van der Waals surface area contributed by atoms with Crippen LogP contribution in [0.4, 0.5) is 8.78 Å². The van der Waals surface area contributed by atoms with E-state index in [2.05, 4.69) is 5.32 Å². The second-order valence-corrected chi connectivity index (χ2v) is 6.70. The van der Waals surface area contributed by atoms with Gasteiger partial charge in [0, 0.05) is 24.8 Å². The standard InChI is InChI=1S/C17H19F2NO7/c18-7-3-8-6(1-10(22)13(8)9(19)4-7)2-12(23)20-17-16(26)15(25)14(24)11(5-21)27-17/h3-4,6,11,14-17,21,24-26H,1-2,5H2,(H,20,23)/t6-,11-,14-,15+,16-,17-/m1/s1. The molecule has 1 heterocycles. The van der Waals surface area contributed by atoms with E-state index in [1.54, 1.807) is 0 Å². The number of ether oxygens (including phenoxy) is 1. The van der Waals surface area contributed by atoms with Crippen molar-refractivity contribution in [2.75, 3.05) is 6.61 Å². The highest BCUT2D eigenvalue weighted by atomic mass is 19.1. The van der Waals surface area contributed by atoms with Crippen LogP contribution in [0.25, 0.3) is 0 Å². The monoisotopic (exact) mass is 387 g/mol. The SMILES string of the molecule is O=C(C[C@H]1CC(=O)c2c(F)cc(F)cc21)N[C@@H]1O[C@H](CO)[C@@H](O)[C@H](O)[C@H]1O. The van der Waals surface area contributed by atoms with Gasteiger partial charge in [-0.25, -0.2) is 8.78 Å². The van der Waals surface area contributed by atoms with Crippen molar-refractivity contribution in [2.45, 2.75) is 49.4 Å². The maximum absolute atomic E-state index is 13.8. The summed E-state index contributed by atoms with van der Waals surface area (Å²) >= 11 is 0. The van der Waals surface area contributed by atoms with Crippen LogP contribution in [0.1, 0.15) is 34.7 Å². The number of nitrogens with one attached hydrogen (secondary N) is 1. The first-order valence-corrected chi connectivity index (χ1v) is 8.35. The molecule has 2 aliphatic rings. The van der Waals surface area contributed by atoms with Crippen LogP contribution in [0.5, 0.6) is 0 Å². The van der Waals surface area contributed by atoms with E-state index in [4.69, 9.17) is 9.84 Å². The number of hydrogen-bond acceptors (Lipinski definition) is 7. The molecule has 0 aromatic heterocycles. The molecule has 0 saturated carbocycles. The summed E-state index contributed by atoms with van der Waals surface area (Å²) in [7, 11) is 0. The molecule has 1 aliphatic carbocycles. The van der Waals surface area contributed by atoms with Crippen LogP contribution >= 0.6 is 0 Å².